The van der Waals surface area contributed by atoms with Crippen molar-refractivity contribution in [2.75, 3.05) is 17.2 Å². The average Bonchev–Trinajstić information content (AvgIpc) is 2.63. The Labute approximate surface area is 108 Å². The Morgan fingerprint density at radius 2 is 2.33 bits per heavy atom. The van der Waals surface area contributed by atoms with Gasteiger partial charge in [-0.2, -0.15) is 5.26 Å². The van der Waals surface area contributed by atoms with Crippen molar-refractivity contribution in [2.45, 2.75) is 45.1 Å². The molecule has 1 atom stereocenters. The Morgan fingerprint density at radius 1 is 1.50 bits per heavy atom. The van der Waals surface area contributed by atoms with E-state index < -0.39 is 0 Å². The van der Waals surface area contributed by atoms with E-state index in [9.17, 15) is 5.26 Å². The number of hydrogen-bond acceptors (Lipinski definition) is 4. The molecule has 0 radical (unpaired) electrons. The van der Waals surface area contributed by atoms with Gasteiger partial charge in [-0.1, -0.05) is 19.8 Å². The van der Waals surface area contributed by atoms with Gasteiger partial charge in [-0.15, -0.1) is 0 Å². The zero-order valence-electron chi connectivity index (χ0n) is 10.9. The zero-order chi connectivity index (χ0) is 13.0. The highest BCUT2D eigenvalue weighted by Gasteiger charge is 2.23. The van der Waals surface area contributed by atoms with E-state index in [2.05, 4.69) is 22.9 Å². The Morgan fingerprint density at radius 3 is 3.06 bits per heavy atom. The summed E-state index contributed by atoms with van der Waals surface area (Å²) in [6.07, 6.45) is 7.64. The van der Waals surface area contributed by atoms with Crippen LogP contribution in [-0.2, 0) is 0 Å². The van der Waals surface area contributed by atoms with E-state index in [-0.39, 0.29) is 0 Å². The highest BCUT2D eigenvalue weighted by atomic mass is 15.2. The first-order chi connectivity index (χ1) is 8.76. The molecular formula is C14H20N4. The van der Waals surface area contributed by atoms with Crippen LogP contribution >= 0.6 is 0 Å². The standard InChI is InChI=1S/C14H20N4/c1-2-13-6-4-3-5-7-18(13)14-11(9-15)8-12(16)10-17-14/h8,10,13H,2-7,16H2,1H3. The zero-order valence-corrected chi connectivity index (χ0v) is 10.9. The molecule has 2 heterocycles. The van der Waals surface area contributed by atoms with E-state index in [0.717, 1.165) is 18.8 Å². The monoisotopic (exact) mass is 244 g/mol. The number of anilines is 2. The van der Waals surface area contributed by atoms with Gasteiger partial charge < -0.3 is 10.6 Å². The largest absolute Gasteiger partial charge is 0.397 e. The summed E-state index contributed by atoms with van der Waals surface area (Å²) in [5, 5.41) is 9.23. The van der Waals surface area contributed by atoms with Gasteiger partial charge in [0, 0.05) is 12.6 Å². The molecule has 1 aromatic heterocycles. The predicted octanol–water partition coefficient (Wildman–Crippen LogP) is 2.69. The van der Waals surface area contributed by atoms with Gasteiger partial charge in [-0.3, -0.25) is 0 Å². The average molecular weight is 244 g/mol. The summed E-state index contributed by atoms with van der Waals surface area (Å²) in [5.74, 6) is 0.806. The second-order valence-corrected chi connectivity index (χ2v) is 4.86. The SMILES string of the molecule is CCC1CCCCCN1c1ncc(N)cc1C#N. The van der Waals surface area contributed by atoms with Crippen LogP contribution in [0.25, 0.3) is 0 Å². The van der Waals surface area contributed by atoms with Crippen LogP contribution < -0.4 is 10.6 Å². The van der Waals surface area contributed by atoms with E-state index in [0.29, 0.717) is 17.3 Å². The number of pyridine rings is 1. The highest BCUT2D eigenvalue weighted by molar-refractivity contribution is 5.59. The summed E-state index contributed by atoms with van der Waals surface area (Å²) in [7, 11) is 0. The van der Waals surface area contributed by atoms with Crippen molar-refractivity contribution in [2.24, 2.45) is 0 Å². The van der Waals surface area contributed by atoms with E-state index in [1.165, 1.54) is 25.7 Å². The molecule has 4 heteroatoms. The van der Waals surface area contributed by atoms with Crippen molar-refractivity contribution in [1.82, 2.24) is 4.98 Å². The Kier molecular flexibility index (Phi) is 4.03. The summed E-state index contributed by atoms with van der Waals surface area (Å²) < 4.78 is 0. The third kappa shape index (κ3) is 2.56. The number of nitriles is 1. The van der Waals surface area contributed by atoms with E-state index >= 15 is 0 Å². The molecule has 1 saturated heterocycles. The smallest absolute Gasteiger partial charge is 0.146 e. The maximum absolute atomic E-state index is 9.23. The molecule has 1 aliphatic rings. The second-order valence-electron chi connectivity index (χ2n) is 4.86. The van der Waals surface area contributed by atoms with Gasteiger partial charge in [0.05, 0.1) is 17.4 Å². The van der Waals surface area contributed by atoms with Crippen molar-refractivity contribution < 1.29 is 0 Å². The number of nitrogen functional groups attached to an aromatic ring is 1. The predicted molar refractivity (Wildman–Crippen MR) is 73.3 cm³/mol. The van der Waals surface area contributed by atoms with Crippen molar-refractivity contribution in [3.8, 4) is 6.07 Å². The maximum atomic E-state index is 9.23. The van der Waals surface area contributed by atoms with Gasteiger partial charge >= 0.3 is 0 Å². The fourth-order valence-corrected chi connectivity index (χ4v) is 2.67. The van der Waals surface area contributed by atoms with Crippen LogP contribution in [0.1, 0.15) is 44.6 Å². The Balaban J connectivity index is 2.36. The molecule has 2 N–H and O–H groups in total. The molecule has 2 rings (SSSR count). The van der Waals surface area contributed by atoms with Crippen LogP contribution in [0.15, 0.2) is 12.3 Å². The second kappa shape index (κ2) is 5.72. The van der Waals surface area contributed by atoms with Crippen LogP contribution in [0.5, 0.6) is 0 Å². The minimum absolute atomic E-state index is 0.496. The molecule has 1 aliphatic heterocycles. The summed E-state index contributed by atoms with van der Waals surface area (Å²) in [5.41, 5.74) is 6.85. The van der Waals surface area contributed by atoms with Crippen LogP contribution in [0.4, 0.5) is 11.5 Å². The lowest BCUT2D eigenvalue weighted by Gasteiger charge is -2.31. The lowest BCUT2D eigenvalue weighted by Crippen LogP contribution is -2.35. The number of rotatable bonds is 2. The van der Waals surface area contributed by atoms with Crippen molar-refractivity contribution in [3.05, 3.63) is 17.8 Å². The third-order valence-corrected chi connectivity index (χ3v) is 3.63. The summed E-state index contributed by atoms with van der Waals surface area (Å²) in [4.78, 5) is 6.69. The first kappa shape index (κ1) is 12.7. The number of aromatic nitrogens is 1. The van der Waals surface area contributed by atoms with E-state index in [1.54, 1.807) is 12.3 Å². The molecular weight excluding hydrogens is 224 g/mol. The van der Waals surface area contributed by atoms with Crippen LogP contribution in [0.3, 0.4) is 0 Å². The van der Waals surface area contributed by atoms with E-state index in [4.69, 9.17) is 5.73 Å². The first-order valence-corrected chi connectivity index (χ1v) is 6.68. The molecule has 1 fully saturated rings. The molecule has 18 heavy (non-hydrogen) atoms. The molecule has 0 aliphatic carbocycles. The molecule has 1 unspecified atom stereocenters. The summed E-state index contributed by atoms with van der Waals surface area (Å²) in [6.45, 7) is 3.19. The van der Waals surface area contributed by atoms with Crippen LogP contribution in [0, 0.1) is 11.3 Å². The molecule has 1 aromatic rings. The number of hydrogen-bond donors (Lipinski definition) is 1. The lowest BCUT2D eigenvalue weighted by molar-refractivity contribution is 0.552. The number of nitrogens with zero attached hydrogens (tertiary/aromatic N) is 3. The molecule has 4 nitrogen and oxygen atoms in total. The molecule has 0 bridgehead atoms. The first-order valence-electron chi connectivity index (χ1n) is 6.68. The normalized spacial score (nSPS) is 20.2. The minimum Gasteiger partial charge on any atom is -0.397 e. The maximum Gasteiger partial charge on any atom is 0.146 e. The Bertz CT molecular complexity index is 450. The van der Waals surface area contributed by atoms with Gasteiger partial charge in [0.25, 0.3) is 0 Å². The fourth-order valence-electron chi connectivity index (χ4n) is 2.67. The van der Waals surface area contributed by atoms with Crippen molar-refractivity contribution in [1.29, 1.82) is 5.26 Å². The molecule has 0 saturated carbocycles. The lowest BCUT2D eigenvalue weighted by atomic mass is 10.1. The molecule has 0 spiro atoms. The van der Waals surface area contributed by atoms with E-state index in [1.807, 2.05) is 0 Å². The summed E-state index contributed by atoms with van der Waals surface area (Å²) in [6, 6.07) is 4.43. The Hall–Kier alpha value is -1.76. The van der Waals surface area contributed by atoms with Gasteiger partial charge in [-0.05, 0) is 25.3 Å². The van der Waals surface area contributed by atoms with Crippen molar-refractivity contribution in [3.63, 3.8) is 0 Å². The van der Waals surface area contributed by atoms with Gasteiger partial charge in [0.15, 0.2) is 0 Å². The third-order valence-electron chi connectivity index (χ3n) is 3.63. The van der Waals surface area contributed by atoms with Gasteiger partial charge in [0.2, 0.25) is 0 Å². The molecule has 0 amide bonds. The van der Waals surface area contributed by atoms with Gasteiger partial charge in [-0.25, -0.2) is 4.98 Å². The van der Waals surface area contributed by atoms with Crippen LogP contribution in [0.2, 0.25) is 0 Å². The minimum atomic E-state index is 0.496. The van der Waals surface area contributed by atoms with Crippen LogP contribution in [-0.4, -0.2) is 17.6 Å². The number of nitrogens with two attached hydrogens (primary N) is 1. The topological polar surface area (TPSA) is 65.9 Å². The summed E-state index contributed by atoms with van der Waals surface area (Å²) >= 11 is 0. The highest BCUT2D eigenvalue weighted by Crippen LogP contribution is 2.27. The van der Waals surface area contributed by atoms with Crippen molar-refractivity contribution >= 4 is 11.5 Å². The molecule has 96 valence electrons. The van der Waals surface area contributed by atoms with Gasteiger partial charge in [0.1, 0.15) is 11.9 Å². The molecule has 0 aromatic carbocycles. The fraction of sp³-hybridized carbons (Fsp3) is 0.571. The quantitative estimate of drug-likeness (QED) is 0.868.